The molecule has 0 saturated heterocycles. The molecule has 1 atom stereocenters. The zero-order valence-corrected chi connectivity index (χ0v) is 7.82. The molecule has 0 spiro atoms. The summed E-state index contributed by atoms with van der Waals surface area (Å²) in [5.41, 5.74) is -0.750. The molecule has 0 aromatic heterocycles. The summed E-state index contributed by atoms with van der Waals surface area (Å²) in [4.78, 5) is 0. The summed E-state index contributed by atoms with van der Waals surface area (Å²) in [5.74, 6) is -0.0452. The molecule has 0 aliphatic carbocycles. The van der Waals surface area contributed by atoms with Crippen molar-refractivity contribution in [3.05, 3.63) is 24.3 Å². The normalized spacial score (nSPS) is 17.3. The number of hydrogen-bond donors (Lipinski definition) is 0. The van der Waals surface area contributed by atoms with Gasteiger partial charge in [0, 0.05) is 0 Å². The summed E-state index contributed by atoms with van der Waals surface area (Å²) in [7, 11) is 0. The lowest BCUT2D eigenvalue weighted by atomic mass is 9.86. The summed E-state index contributed by atoms with van der Waals surface area (Å²) in [6.07, 6.45) is 3.30. The Kier molecular flexibility index (Phi) is 3.50. The molecular formula is C10H17F. The van der Waals surface area contributed by atoms with Crippen LogP contribution in [0.15, 0.2) is 24.3 Å². The van der Waals surface area contributed by atoms with Gasteiger partial charge >= 0.3 is 0 Å². The fraction of sp³-hybridized carbons (Fsp3) is 0.600. The minimum Gasteiger partial charge on any atom is -0.234 e. The topological polar surface area (TPSA) is 0 Å². The van der Waals surface area contributed by atoms with E-state index in [0.29, 0.717) is 5.57 Å². The van der Waals surface area contributed by atoms with Gasteiger partial charge < -0.3 is 0 Å². The molecule has 1 heteroatoms. The third-order valence-corrected chi connectivity index (χ3v) is 1.90. The first-order valence-corrected chi connectivity index (χ1v) is 3.94. The molecule has 0 rings (SSSR count). The number of rotatable bonds is 3. The van der Waals surface area contributed by atoms with Gasteiger partial charge in [-0.3, -0.25) is 0 Å². The first-order chi connectivity index (χ1) is 4.95. The third kappa shape index (κ3) is 2.18. The molecule has 0 N–H and O–H groups in total. The van der Waals surface area contributed by atoms with Crippen LogP contribution in [0.2, 0.25) is 0 Å². The fourth-order valence-electron chi connectivity index (χ4n) is 1.07. The van der Waals surface area contributed by atoms with Gasteiger partial charge in [0.25, 0.3) is 0 Å². The van der Waals surface area contributed by atoms with E-state index in [0.717, 1.165) is 0 Å². The zero-order valence-electron chi connectivity index (χ0n) is 7.82. The molecule has 1 unspecified atom stereocenters. The molecule has 0 aromatic rings. The average molecular weight is 156 g/mol. The van der Waals surface area contributed by atoms with Crippen LogP contribution in [0.5, 0.6) is 0 Å². The summed E-state index contributed by atoms with van der Waals surface area (Å²) in [6, 6.07) is 0. The highest BCUT2D eigenvalue weighted by atomic mass is 19.1. The Morgan fingerprint density at radius 3 is 2.09 bits per heavy atom. The molecular weight excluding hydrogens is 139 g/mol. The summed E-state index contributed by atoms with van der Waals surface area (Å²) >= 11 is 0. The average Bonchev–Trinajstić information content (AvgIpc) is 1.87. The lowest BCUT2D eigenvalue weighted by Crippen LogP contribution is -2.27. The van der Waals surface area contributed by atoms with E-state index < -0.39 is 5.67 Å². The van der Waals surface area contributed by atoms with Gasteiger partial charge in [0.2, 0.25) is 0 Å². The first-order valence-electron chi connectivity index (χ1n) is 3.94. The van der Waals surface area contributed by atoms with Crippen molar-refractivity contribution in [1.29, 1.82) is 0 Å². The van der Waals surface area contributed by atoms with E-state index >= 15 is 0 Å². The highest BCUT2D eigenvalue weighted by Crippen LogP contribution is 2.30. The Bertz CT molecular complexity index is 168. The van der Waals surface area contributed by atoms with Gasteiger partial charge in [-0.2, -0.15) is 0 Å². The van der Waals surface area contributed by atoms with Gasteiger partial charge in [-0.05, 0) is 31.4 Å². The molecule has 0 nitrogen and oxygen atoms in total. The van der Waals surface area contributed by atoms with Crippen LogP contribution in [0.1, 0.15) is 27.7 Å². The van der Waals surface area contributed by atoms with Gasteiger partial charge in [0.15, 0.2) is 5.67 Å². The number of halogens is 1. The maximum atomic E-state index is 13.9. The van der Waals surface area contributed by atoms with Gasteiger partial charge in [-0.1, -0.05) is 26.5 Å². The van der Waals surface area contributed by atoms with Crippen molar-refractivity contribution in [3.63, 3.8) is 0 Å². The Balaban J connectivity index is 4.66. The molecule has 0 amide bonds. The van der Waals surface area contributed by atoms with Gasteiger partial charge in [0.1, 0.15) is 0 Å². The Morgan fingerprint density at radius 1 is 1.55 bits per heavy atom. The van der Waals surface area contributed by atoms with E-state index in [2.05, 4.69) is 6.58 Å². The minimum absolute atomic E-state index is 0.0452. The van der Waals surface area contributed by atoms with Crippen LogP contribution < -0.4 is 0 Å². The van der Waals surface area contributed by atoms with Crippen molar-refractivity contribution < 1.29 is 4.39 Å². The second kappa shape index (κ2) is 3.70. The number of hydrogen-bond acceptors (Lipinski definition) is 0. The molecule has 0 bridgehead atoms. The molecule has 11 heavy (non-hydrogen) atoms. The van der Waals surface area contributed by atoms with Crippen LogP contribution >= 0.6 is 0 Å². The fourth-order valence-corrected chi connectivity index (χ4v) is 1.07. The summed E-state index contributed by atoms with van der Waals surface area (Å²) in [6.45, 7) is 10.9. The molecule has 64 valence electrons. The Morgan fingerprint density at radius 2 is 2.00 bits per heavy atom. The van der Waals surface area contributed by atoms with E-state index in [1.165, 1.54) is 0 Å². The van der Waals surface area contributed by atoms with Crippen molar-refractivity contribution >= 4 is 0 Å². The maximum absolute atomic E-state index is 13.9. The number of allylic oxidation sites excluding steroid dienone is 3. The van der Waals surface area contributed by atoms with Crippen LogP contribution in [-0.2, 0) is 0 Å². The molecule has 0 heterocycles. The van der Waals surface area contributed by atoms with Crippen LogP contribution in [-0.4, -0.2) is 5.67 Å². The van der Waals surface area contributed by atoms with Crippen molar-refractivity contribution in [3.8, 4) is 0 Å². The molecule has 0 aromatic carbocycles. The van der Waals surface area contributed by atoms with Crippen LogP contribution in [0.3, 0.4) is 0 Å². The van der Waals surface area contributed by atoms with Gasteiger partial charge in [-0.15, -0.1) is 0 Å². The molecule has 0 aliphatic rings. The SMILES string of the molecule is C=C(C)C(F)(/C=C/C)C(C)C. The van der Waals surface area contributed by atoms with Crippen LogP contribution in [0.25, 0.3) is 0 Å². The lowest BCUT2D eigenvalue weighted by molar-refractivity contribution is 0.205. The molecule has 0 radical (unpaired) electrons. The van der Waals surface area contributed by atoms with E-state index in [4.69, 9.17) is 0 Å². The predicted molar refractivity (Wildman–Crippen MR) is 48.3 cm³/mol. The predicted octanol–water partition coefficient (Wildman–Crippen LogP) is 3.50. The Labute approximate surface area is 68.8 Å². The van der Waals surface area contributed by atoms with Gasteiger partial charge in [0.05, 0.1) is 0 Å². The smallest absolute Gasteiger partial charge is 0.151 e. The first kappa shape index (κ1) is 10.4. The van der Waals surface area contributed by atoms with Crippen molar-refractivity contribution in [2.24, 2.45) is 5.92 Å². The number of alkyl halides is 1. The summed E-state index contributed by atoms with van der Waals surface area (Å²) < 4.78 is 13.9. The highest BCUT2D eigenvalue weighted by Gasteiger charge is 2.30. The minimum atomic E-state index is -1.32. The lowest BCUT2D eigenvalue weighted by Gasteiger charge is -2.26. The quantitative estimate of drug-likeness (QED) is 0.548. The second-order valence-corrected chi connectivity index (χ2v) is 3.20. The van der Waals surface area contributed by atoms with Crippen molar-refractivity contribution in [2.45, 2.75) is 33.4 Å². The summed E-state index contributed by atoms with van der Waals surface area (Å²) in [5, 5.41) is 0. The maximum Gasteiger partial charge on any atom is 0.151 e. The van der Waals surface area contributed by atoms with E-state index in [9.17, 15) is 4.39 Å². The monoisotopic (exact) mass is 156 g/mol. The van der Waals surface area contributed by atoms with Crippen LogP contribution in [0.4, 0.5) is 4.39 Å². The molecule has 0 fully saturated rings. The zero-order chi connectivity index (χ0) is 9.07. The molecule has 0 saturated carbocycles. The highest BCUT2D eigenvalue weighted by molar-refractivity contribution is 5.21. The van der Waals surface area contributed by atoms with Crippen LogP contribution in [0, 0.1) is 5.92 Å². The standard InChI is InChI=1S/C10H17F/c1-6-7-10(11,8(2)3)9(4)5/h6-7,9H,2H2,1,3-5H3/b7-6+. The van der Waals surface area contributed by atoms with Crippen molar-refractivity contribution in [2.75, 3.05) is 0 Å². The van der Waals surface area contributed by atoms with E-state index in [1.54, 1.807) is 19.1 Å². The Hall–Kier alpha value is -0.590. The van der Waals surface area contributed by atoms with Crippen molar-refractivity contribution in [1.82, 2.24) is 0 Å². The molecule has 0 aliphatic heterocycles. The third-order valence-electron chi connectivity index (χ3n) is 1.90. The van der Waals surface area contributed by atoms with E-state index in [-0.39, 0.29) is 5.92 Å². The largest absolute Gasteiger partial charge is 0.234 e. The van der Waals surface area contributed by atoms with E-state index in [1.807, 2.05) is 20.8 Å². The second-order valence-electron chi connectivity index (χ2n) is 3.20. The van der Waals surface area contributed by atoms with Gasteiger partial charge in [-0.25, -0.2) is 4.39 Å².